The van der Waals surface area contributed by atoms with Gasteiger partial charge in [-0.25, -0.2) is 0 Å². The largest absolute Gasteiger partial charge is 0.339 e. The van der Waals surface area contributed by atoms with Crippen LogP contribution in [0.15, 0.2) is 0 Å². The van der Waals surface area contributed by atoms with E-state index < -0.39 is 0 Å². The van der Waals surface area contributed by atoms with Crippen molar-refractivity contribution in [3.05, 3.63) is 0 Å². The van der Waals surface area contributed by atoms with Crippen LogP contribution in [0.2, 0.25) is 0 Å². The van der Waals surface area contributed by atoms with Crippen molar-refractivity contribution in [2.45, 2.75) is 90.1 Å². The molecule has 3 nitrogen and oxygen atoms in total. The van der Waals surface area contributed by atoms with Crippen LogP contribution >= 0.6 is 0 Å². The molecule has 0 radical (unpaired) electrons. The van der Waals surface area contributed by atoms with E-state index in [2.05, 4.69) is 23.6 Å². The molecule has 0 saturated carbocycles. The number of carbonyl (C=O) groups is 1. The standard InChI is InChI=1S/C10H17NO.C10H19N/c1-8-5-6-10(12)11-7-3-2-4-9(8)11;1-9-5-4-8-11-7-3-2-6-10(9)11/h8-9H,2-7H2,1H3;9-10H,2-8H2,1H3. The third kappa shape index (κ3) is 4.10. The van der Waals surface area contributed by atoms with E-state index in [-0.39, 0.29) is 0 Å². The van der Waals surface area contributed by atoms with Crippen LogP contribution in [-0.4, -0.2) is 47.4 Å². The summed E-state index contributed by atoms with van der Waals surface area (Å²) in [5, 5.41) is 0. The zero-order chi connectivity index (χ0) is 16.2. The van der Waals surface area contributed by atoms with Gasteiger partial charge in [-0.2, -0.15) is 0 Å². The molecule has 4 unspecified atom stereocenters. The Morgan fingerprint density at radius 1 is 0.739 bits per heavy atom. The van der Waals surface area contributed by atoms with E-state index in [9.17, 15) is 4.79 Å². The average molecular weight is 321 g/mol. The van der Waals surface area contributed by atoms with Crippen LogP contribution in [0.25, 0.3) is 0 Å². The lowest BCUT2D eigenvalue weighted by atomic mass is 9.85. The molecule has 4 heterocycles. The normalized spacial score (nSPS) is 38.2. The molecular formula is C20H36N2O. The van der Waals surface area contributed by atoms with Crippen LogP contribution in [0.4, 0.5) is 0 Å². The maximum absolute atomic E-state index is 11.5. The Kier molecular flexibility index (Phi) is 6.01. The molecule has 0 aromatic heterocycles. The highest BCUT2D eigenvalue weighted by Crippen LogP contribution is 2.31. The predicted molar refractivity (Wildman–Crippen MR) is 95.4 cm³/mol. The monoisotopic (exact) mass is 320 g/mol. The number of rotatable bonds is 0. The number of hydrogen-bond acceptors (Lipinski definition) is 2. The first-order chi connectivity index (χ1) is 11.2. The summed E-state index contributed by atoms with van der Waals surface area (Å²) in [7, 11) is 0. The molecule has 0 spiro atoms. The number of amides is 1. The van der Waals surface area contributed by atoms with Crippen LogP contribution in [0.5, 0.6) is 0 Å². The summed E-state index contributed by atoms with van der Waals surface area (Å²) in [5.41, 5.74) is 0. The lowest BCUT2D eigenvalue weighted by molar-refractivity contribution is -0.140. The summed E-state index contributed by atoms with van der Waals surface area (Å²) in [6.07, 6.45) is 13.0. The van der Waals surface area contributed by atoms with Crippen LogP contribution in [0.3, 0.4) is 0 Å². The Bertz CT molecular complexity index is 395. The maximum atomic E-state index is 11.5. The fourth-order valence-electron chi connectivity index (χ4n) is 5.29. The lowest BCUT2D eigenvalue weighted by Gasteiger charge is -2.43. The van der Waals surface area contributed by atoms with Gasteiger partial charge in [-0.3, -0.25) is 4.79 Å². The van der Waals surface area contributed by atoms with Crippen molar-refractivity contribution >= 4 is 5.91 Å². The van der Waals surface area contributed by atoms with Gasteiger partial charge in [0, 0.05) is 25.0 Å². The minimum absolute atomic E-state index is 0.401. The van der Waals surface area contributed by atoms with E-state index in [1.807, 2.05) is 0 Å². The first-order valence-electron chi connectivity index (χ1n) is 10.2. The molecule has 4 saturated heterocycles. The van der Waals surface area contributed by atoms with Crippen molar-refractivity contribution in [3.8, 4) is 0 Å². The van der Waals surface area contributed by atoms with Gasteiger partial charge < -0.3 is 9.80 Å². The van der Waals surface area contributed by atoms with E-state index in [1.165, 1.54) is 64.5 Å². The third-order valence-electron chi connectivity index (χ3n) is 6.77. The van der Waals surface area contributed by atoms with Gasteiger partial charge in [0.2, 0.25) is 5.91 Å². The molecule has 3 heteroatoms. The molecule has 4 rings (SSSR count). The van der Waals surface area contributed by atoms with Gasteiger partial charge in [0.1, 0.15) is 0 Å². The second-order valence-corrected chi connectivity index (χ2v) is 8.38. The summed E-state index contributed by atoms with van der Waals surface area (Å²) in [6.45, 7) is 8.51. The van der Waals surface area contributed by atoms with Gasteiger partial charge in [-0.15, -0.1) is 0 Å². The van der Waals surface area contributed by atoms with Gasteiger partial charge in [-0.1, -0.05) is 20.3 Å². The highest BCUT2D eigenvalue weighted by atomic mass is 16.2. The molecule has 4 aliphatic heterocycles. The van der Waals surface area contributed by atoms with Gasteiger partial charge in [-0.05, 0) is 76.3 Å². The van der Waals surface area contributed by atoms with Crippen LogP contribution in [-0.2, 0) is 4.79 Å². The first kappa shape index (κ1) is 17.3. The molecule has 132 valence electrons. The van der Waals surface area contributed by atoms with E-state index in [4.69, 9.17) is 0 Å². The van der Waals surface area contributed by atoms with Crippen LogP contribution in [0, 0.1) is 11.8 Å². The second kappa shape index (κ2) is 8.00. The van der Waals surface area contributed by atoms with Crippen molar-refractivity contribution in [1.82, 2.24) is 9.80 Å². The van der Waals surface area contributed by atoms with Gasteiger partial charge in [0.15, 0.2) is 0 Å². The fraction of sp³-hybridized carbons (Fsp3) is 0.950. The molecule has 1 amide bonds. The Hall–Kier alpha value is -0.570. The summed E-state index contributed by atoms with van der Waals surface area (Å²) >= 11 is 0. The Balaban J connectivity index is 0.000000136. The predicted octanol–water partition coefficient (Wildman–Crippen LogP) is 4.07. The highest BCUT2D eigenvalue weighted by molar-refractivity contribution is 5.77. The van der Waals surface area contributed by atoms with Crippen molar-refractivity contribution in [3.63, 3.8) is 0 Å². The molecule has 4 atom stereocenters. The topological polar surface area (TPSA) is 23.6 Å². The van der Waals surface area contributed by atoms with Crippen molar-refractivity contribution in [2.24, 2.45) is 11.8 Å². The van der Waals surface area contributed by atoms with E-state index >= 15 is 0 Å². The molecule has 0 N–H and O–H groups in total. The van der Waals surface area contributed by atoms with Crippen LogP contribution in [0.1, 0.15) is 78.1 Å². The number of carbonyl (C=O) groups excluding carboxylic acids is 1. The minimum Gasteiger partial charge on any atom is -0.339 e. The van der Waals surface area contributed by atoms with Gasteiger partial charge in [0.25, 0.3) is 0 Å². The highest BCUT2D eigenvalue weighted by Gasteiger charge is 2.34. The third-order valence-corrected chi connectivity index (χ3v) is 6.77. The Labute approximate surface area is 142 Å². The van der Waals surface area contributed by atoms with Gasteiger partial charge >= 0.3 is 0 Å². The SMILES string of the molecule is CC1CCC(=O)N2CCCCC12.CC1CCCN2CCCCC12. The van der Waals surface area contributed by atoms with Gasteiger partial charge in [0.05, 0.1) is 0 Å². The lowest BCUT2D eigenvalue weighted by Crippen LogP contribution is -2.50. The average Bonchev–Trinajstić information content (AvgIpc) is 2.60. The minimum atomic E-state index is 0.401. The van der Waals surface area contributed by atoms with Crippen LogP contribution < -0.4 is 0 Å². The summed E-state index contributed by atoms with van der Waals surface area (Å²) < 4.78 is 0. The molecule has 0 aromatic rings. The number of piperidine rings is 4. The zero-order valence-electron chi connectivity index (χ0n) is 15.3. The zero-order valence-corrected chi connectivity index (χ0v) is 15.3. The fourth-order valence-corrected chi connectivity index (χ4v) is 5.29. The van der Waals surface area contributed by atoms with Crippen molar-refractivity contribution < 1.29 is 4.79 Å². The van der Waals surface area contributed by atoms with E-state index in [0.29, 0.717) is 11.9 Å². The number of hydrogen-bond donors (Lipinski definition) is 0. The summed E-state index contributed by atoms with van der Waals surface area (Å²) in [6, 6.07) is 1.54. The molecule has 4 fully saturated rings. The Morgan fingerprint density at radius 2 is 1.39 bits per heavy atom. The smallest absolute Gasteiger partial charge is 0.222 e. The molecule has 0 aromatic carbocycles. The quantitative estimate of drug-likeness (QED) is 0.672. The first-order valence-corrected chi connectivity index (χ1v) is 10.2. The van der Waals surface area contributed by atoms with Crippen molar-refractivity contribution in [1.29, 1.82) is 0 Å². The summed E-state index contributed by atoms with van der Waals surface area (Å²) in [4.78, 5) is 16.3. The second-order valence-electron chi connectivity index (χ2n) is 8.38. The molecule has 0 aliphatic carbocycles. The summed E-state index contributed by atoms with van der Waals surface area (Å²) in [5.74, 6) is 2.12. The molecule has 4 aliphatic rings. The van der Waals surface area contributed by atoms with E-state index in [1.54, 1.807) is 0 Å². The number of fused-ring (bicyclic) bond motifs is 2. The molecule has 23 heavy (non-hydrogen) atoms. The number of nitrogens with zero attached hydrogens (tertiary/aromatic N) is 2. The van der Waals surface area contributed by atoms with Crippen molar-refractivity contribution in [2.75, 3.05) is 19.6 Å². The molecule has 0 bridgehead atoms. The van der Waals surface area contributed by atoms with E-state index in [0.717, 1.165) is 37.3 Å². The maximum Gasteiger partial charge on any atom is 0.222 e. The molecular weight excluding hydrogens is 284 g/mol. The Morgan fingerprint density at radius 3 is 2.13 bits per heavy atom.